The fourth-order valence-electron chi connectivity index (χ4n) is 0.981. The molecule has 0 saturated heterocycles. The van der Waals surface area contributed by atoms with Crippen LogP contribution in [-0.2, 0) is 6.61 Å². The highest BCUT2D eigenvalue weighted by Gasteiger charge is 2.17. The van der Waals surface area contributed by atoms with Gasteiger partial charge in [-0.25, -0.2) is 13.8 Å². The Labute approximate surface area is 84.3 Å². The fourth-order valence-corrected chi connectivity index (χ4v) is 1.21. The van der Waals surface area contributed by atoms with Crippen LogP contribution in [0.1, 0.15) is 17.7 Å². The number of aromatic nitrogens is 1. The van der Waals surface area contributed by atoms with Crippen LogP contribution in [0, 0.1) is 0 Å². The number of halogens is 3. The third-order valence-corrected chi connectivity index (χ3v) is 1.93. The van der Waals surface area contributed by atoms with Gasteiger partial charge in [-0.1, -0.05) is 11.6 Å². The van der Waals surface area contributed by atoms with E-state index in [2.05, 4.69) is 4.98 Å². The molecule has 1 N–H and O–H groups in total. The number of aliphatic hydroxyl groups is 1. The molecule has 0 spiro atoms. The molecule has 1 rings (SSSR count). The average molecular weight is 224 g/mol. The molecule has 78 valence electrons. The van der Waals surface area contributed by atoms with Crippen LogP contribution in [0.2, 0.25) is 5.15 Å². The van der Waals surface area contributed by atoms with Crippen LogP contribution in [0.4, 0.5) is 8.78 Å². The number of hydrogen-bond acceptors (Lipinski definition) is 3. The Morgan fingerprint density at radius 3 is 2.71 bits per heavy atom. The van der Waals surface area contributed by atoms with Crippen molar-refractivity contribution < 1.29 is 18.6 Å². The topological polar surface area (TPSA) is 42.4 Å². The molecule has 1 aromatic heterocycles. The van der Waals surface area contributed by atoms with E-state index in [0.717, 1.165) is 6.07 Å². The standard InChI is InChI=1S/C8H8ClF2NO2/c1-14-6-2-4(8(10)11)5(3-13)12-7(6)9/h2,8,13H,3H2,1H3. The minimum Gasteiger partial charge on any atom is -0.494 e. The van der Waals surface area contributed by atoms with E-state index in [4.69, 9.17) is 21.4 Å². The summed E-state index contributed by atoms with van der Waals surface area (Å²) in [6, 6.07) is 1.07. The van der Waals surface area contributed by atoms with E-state index < -0.39 is 13.0 Å². The first-order valence-electron chi connectivity index (χ1n) is 3.72. The van der Waals surface area contributed by atoms with Gasteiger partial charge in [-0.15, -0.1) is 0 Å². The van der Waals surface area contributed by atoms with E-state index >= 15 is 0 Å². The van der Waals surface area contributed by atoms with Crippen LogP contribution in [0.15, 0.2) is 6.07 Å². The lowest BCUT2D eigenvalue weighted by atomic mass is 10.2. The molecule has 0 unspecified atom stereocenters. The molecular formula is C8H8ClF2NO2. The molecule has 1 heterocycles. The van der Waals surface area contributed by atoms with Crippen LogP contribution >= 0.6 is 11.6 Å². The number of pyridine rings is 1. The van der Waals surface area contributed by atoms with Crippen LogP contribution in [0.25, 0.3) is 0 Å². The predicted octanol–water partition coefficient (Wildman–Crippen LogP) is 2.17. The number of methoxy groups -OCH3 is 1. The van der Waals surface area contributed by atoms with Gasteiger partial charge in [0.2, 0.25) is 0 Å². The van der Waals surface area contributed by atoms with Crippen molar-refractivity contribution in [3.8, 4) is 5.75 Å². The molecule has 0 aromatic carbocycles. The number of rotatable bonds is 3. The largest absolute Gasteiger partial charge is 0.494 e. The highest BCUT2D eigenvalue weighted by molar-refractivity contribution is 6.30. The smallest absolute Gasteiger partial charge is 0.265 e. The van der Waals surface area contributed by atoms with Crippen molar-refractivity contribution in [3.05, 3.63) is 22.5 Å². The van der Waals surface area contributed by atoms with E-state index in [0.29, 0.717) is 0 Å². The van der Waals surface area contributed by atoms with Crippen molar-refractivity contribution in [1.82, 2.24) is 4.98 Å². The summed E-state index contributed by atoms with van der Waals surface area (Å²) in [5.41, 5.74) is -0.500. The minimum absolute atomic E-state index is 0.0408. The monoisotopic (exact) mass is 223 g/mol. The Morgan fingerprint density at radius 1 is 1.64 bits per heavy atom. The summed E-state index contributed by atoms with van der Waals surface area (Å²) < 4.78 is 29.6. The maximum Gasteiger partial charge on any atom is 0.265 e. The second-order valence-electron chi connectivity index (χ2n) is 2.48. The molecule has 6 heteroatoms. The van der Waals surface area contributed by atoms with Crippen LogP contribution in [0.3, 0.4) is 0 Å². The lowest BCUT2D eigenvalue weighted by Crippen LogP contribution is -2.00. The van der Waals surface area contributed by atoms with Gasteiger partial charge in [0.15, 0.2) is 10.9 Å². The quantitative estimate of drug-likeness (QED) is 0.799. The molecule has 14 heavy (non-hydrogen) atoms. The van der Waals surface area contributed by atoms with Gasteiger partial charge in [-0.05, 0) is 6.07 Å². The number of hydrogen-bond donors (Lipinski definition) is 1. The fraction of sp³-hybridized carbons (Fsp3) is 0.375. The molecule has 0 radical (unpaired) electrons. The molecular weight excluding hydrogens is 216 g/mol. The zero-order valence-corrected chi connectivity index (χ0v) is 8.05. The van der Waals surface area contributed by atoms with E-state index in [1.54, 1.807) is 0 Å². The number of alkyl halides is 2. The maximum absolute atomic E-state index is 12.4. The Kier molecular flexibility index (Phi) is 3.60. The molecule has 0 fully saturated rings. The molecule has 0 aliphatic heterocycles. The number of ether oxygens (including phenoxy) is 1. The van der Waals surface area contributed by atoms with Gasteiger partial charge in [0.25, 0.3) is 6.43 Å². The SMILES string of the molecule is COc1cc(C(F)F)c(CO)nc1Cl. The number of aliphatic hydroxyl groups excluding tert-OH is 1. The Bertz CT molecular complexity index is 333. The van der Waals surface area contributed by atoms with E-state index in [-0.39, 0.29) is 22.2 Å². The highest BCUT2D eigenvalue weighted by atomic mass is 35.5. The first-order chi connectivity index (χ1) is 6.60. The zero-order chi connectivity index (χ0) is 10.7. The summed E-state index contributed by atoms with van der Waals surface area (Å²) >= 11 is 5.59. The molecule has 1 aromatic rings. The first-order valence-corrected chi connectivity index (χ1v) is 4.10. The summed E-state index contributed by atoms with van der Waals surface area (Å²) in [6.45, 7) is -0.580. The van der Waals surface area contributed by atoms with Crippen molar-refractivity contribution in [3.63, 3.8) is 0 Å². The Hall–Kier alpha value is -0.940. The number of nitrogens with zero attached hydrogens (tertiary/aromatic N) is 1. The maximum atomic E-state index is 12.4. The van der Waals surface area contributed by atoms with Gasteiger partial charge in [-0.2, -0.15) is 0 Å². The normalized spacial score (nSPS) is 10.7. The van der Waals surface area contributed by atoms with E-state index in [1.165, 1.54) is 7.11 Å². The van der Waals surface area contributed by atoms with Gasteiger partial charge >= 0.3 is 0 Å². The van der Waals surface area contributed by atoms with Gasteiger partial charge in [0, 0.05) is 5.56 Å². The summed E-state index contributed by atoms with van der Waals surface area (Å²) in [5, 5.41) is 8.72. The van der Waals surface area contributed by atoms with Crippen molar-refractivity contribution in [2.24, 2.45) is 0 Å². The Balaban J connectivity index is 3.25. The highest BCUT2D eigenvalue weighted by Crippen LogP contribution is 2.30. The summed E-state index contributed by atoms with van der Waals surface area (Å²) in [4.78, 5) is 3.59. The van der Waals surface area contributed by atoms with Gasteiger partial charge in [-0.3, -0.25) is 0 Å². The lowest BCUT2D eigenvalue weighted by Gasteiger charge is -2.09. The molecule has 0 amide bonds. The molecule has 0 bridgehead atoms. The first kappa shape index (κ1) is 11.1. The Morgan fingerprint density at radius 2 is 2.29 bits per heavy atom. The minimum atomic E-state index is -2.71. The van der Waals surface area contributed by atoms with Gasteiger partial charge in [0.1, 0.15) is 0 Å². The van der Waals surface area contributed by atoms with Crippen LogP contribution < -0.4 is 4.74 Å². The third-order valence-electron chi connectivity index (χ3n) is 1.66. The van der Waals surface area contributed by atoms with Gasteiger partial charge in [0.05, 0.1) is 19.4 Å². The molecule has 3 nitrogen and oxygen atoms in total. The second-order valence-corrected chi connectivity index (χ2v) is 2.83. The lowest BCUT2D eigenvalue weighted by molar-refractivity contribution is 0.145. The van der Waals surface area contributed by atoms with Crippen molar-refractivity contribution in [2.45, 2.75) is 13.0 Å². The van der Waals surface area contributed by atoms with Crippen molar-refractivity contribution in [2.75, 3.05) is 7.11 Å². The van der Waals surface area contributed by atoms with Crippen LogP contribution in [0.5, 0.6) is 5.75 Å². The zero-order valence-electron chi connectivity index (χ0n) is 7.30. The average Bonchev–Trinajstić information content (AvgIpc) is 2.16. The predicted molar refractivity (Wildman–Crippen MR) is 46.7 cm³/mol. The molecule has 0 atom stereocenters. The van der Waals surface area contributed by atoms with Crippen molar-refractivity contribution in [1.29, 1.82) is 0 Å². The van der Waals surface area contributed by atoms with E-state index in [9.17, 15) is 8.78 Å². The van der Waals surface area contributed by atoms with Crippen LogP contribution in [-0.4, -0.2) is 17.2 Å². The van der Waals surface area contributed by atoms with Crippen molar-refractivity contribution >= 4 is 11.6 Å². The molecule has 0 aliphatic rings. The summed E-state index contributed by atoms with van der Waals surface area (Å²) in [6.07, 6.45) is -2.71. The van der Waals surface area contributed by atoms with E-state index in [1.807, 2.05) is 0 Å². The molecule has 0 saturated carbocycles. The second kappa shape index (κ2) is 4.52. The third kappa shape index (κ3) is 2.10. The molecule has 0 aliphatic carbocycles. The summed E-state index contributed by atoms with van der Waals surface area (Å²) in [5.74, 6) is 0.0687. The summed E-state index contributed by atoms with van der Waals surface area (Å²) in [7, 11) is 1.30. The van der Waals surface area contributed by atoms with Gasteiger partial charge < -0.3 is 9.84 Å².